The van der Waals surface area contributed by atoms with Gasteiger partial charge in [-0.2, -0.15) is 0 Å². The summed E-state index contributed by atoms with van der Waals surface area (Å²) in [6, 6.07) is 0. The monoisotopic (exact) mass is 218 g/mol. The third-order valence-electron chi connectivity index (χ3n) is 2.01. The van der Waals surface area contributed by atoms with Crippen LogP contribution in [-0.2, 0) is 9.59 Å². The van der Waals surface area contributed by atoms with Crippen LogP contribution in [0.2, 0.25) is 0 Å². The van der Waals surface area contributed by atoms with Gasteiger partial charge in [-0.3, -0.25) is 19.4 Å². The van der Waals surface area contributed by atoms with E-state index >= 15 is 0 Å². The van der Waals surface area contributed by atoms with Crippen LogP contribution in [0.25, 0.3) is 0 Å². The summed E-state index contributed by atoms with van der Waals surface area (Å²) in [7, 11) is 1.70. The van der Waals surface area contributed by atoms with Crippen molar-refractivity contribution in [3.8, 4) is 0 Å². The minimum atomic E-state index is -0.876. The first-order chi connectivity index (χ1) is 6.95. The molecule has 0 unspecified atom stereocenters. The second kappa shape index (κ2) is 7.19. The lowest BCUT2D eigenvalue weighted by Gasteiger charge is -2.21. The SMILES string of the molecule is CCN(CCN(C)CC(=O)O)CC(=O)O. The minimum absolute atomic E-state index is 0.00257. The molecule has 6 nitrogen and oxygen atoms in total. The van der Waals surface area contributed by atoms with Gasteiger partial charge >= 0.3 is 11.9 Å². The van der Waals surface area contributed by atoms with Gasteiger partial charge in [0.05, 0.1) is 13.1 Å². The number of carboxylic acids is 2. The fourth-order valence-electron chi connectivity index (χ4n) is 1.16. The normalized spacial score (nSPS) is 10.9. The summed E-state index contributed by atoms with van der Waals surface area (Å²) in [6.45, 7) is 3.61. The molecule has 2 N–H and O–H groups in total. The zero-order chi connectivity index (χ0) is 11.8. The summed E-state index contributed by atoms with van der Waals surface area (Å²) in [5.74, 6) is -1.74. The van der Waals surface area contributed by atoms with Gasteiger partial charge < -0.3 is 10.2 Å². The molecule has 0 aromatic heterocycles. The zero-order valence-electron chi connectivity index (χ0n) is 9.14. The molecule has 0 aromatic rings. The third kappa shape index (κ3) is 7.90. The highest BCUT2D eigenvalue weighted by atomic mass is 16.4. The fraction of sp³-hybridized carbons (Fsp3) is 0.778. The van der Waals surface area contributed by atoms with Crippen molar-refractivity contribution in [2.75, 3.05) is 39.8 Å². The van der Waals surface area contributed by atoms with E-state index in [4.69, 9.17) is 10.2 Å². The Kier molecular flexibility index (Phi) is 6.64. The highest BCUT2D eigenvalue weighted by Gasteiger charge is 2.09. The highest BCUT2D eigenvalue weighted by Crippen LogP contribution is 1.90. The summed E-state index contributed by atoms with van der Waals surface area (Å²) in [4.78, 5) is 24.2. The van der Waals surface area contributed by atoms with E-state index in [1.165, 1.54) is 0 Å². The summed E-state index contributed by atoms with van der Waals surface area (Å²) < 4.78 is 0. The second-order valence-corrected chi connectivity index (χ2v) is 3.39. The first kappa shape index (κ1) is 13.9. The van der Waals surface area contributed by atoms with Crippen molar-refractivity contribution in [2.45, 2.75) is 6.92 Å². The van der Waals surface area contributed by atoms with Gasteiger partial charge in [0.2, 0.25) is 0 Å². The molecule has 0 rings (SSSR count). The predicted molar refractivity (Wildman–Crippen MR) is 54.9 cm³/mol. The number of nitrogens with zero attached hydrogens (tertiary/aromatic N) is 2. The van der Waals surface area contributed by atoms with Crippen molar-refractivity contribution in [1.29, 1.82) is 0 Å². The Morgan fingerprint density at radius 2 is 1.60 bits per heavy atom. The van der Waals surface area contributed by atoms with Gasteiger partial charge in [-0.15, -0.1) is 0 Å². The molecular weight excluding hydrogens is 200 g/mol. The van der Waals surface area contributed by atoms with Crippen LogP contribution in [0.4, 0.5) is 0 Å². The largest absolute Gasteiger partial charge is 0.480 e. The van der Waals surface area contributed by atoms with Gasteiger partial charge in [0.25, 0.3) is 0 Å². The standard InChI is InChI=1S/C9H18N2O4/c1-3-11(7-9(14)15)5-4-10(2)6-8(12)13/h3-7H2,1-2H3,(H,12,13)(H,14,15). The molecule has 0 atom stereocenters. The van der Waals surface area contributed by atoms with E-state index < -0.39 is 11.9 Å². The quantitative estimate of drug-likeness (QED) is 0.566. The van der Waals surface area contributed by atoms with Gasteiger partial charge in [-0.05, 0) is 13.6 Å². The Morgan fingerprint density at radius 1 is 1.07 bits per heavy atom. The maximum absolute atomic E-state index is 10.4. The third-order valence-corrected chi connectivity index (χ3v) is 2.01. The van der Waals surface area contributed by atoms with E-state index in [1.54, 1.807) is 16.8 Å². The van der Waals surface area contributed by atoms with Crippen molar-refractivity contribution in [3.05, 3.63) is 0 Å². The van der Waals surface area contributed by atoms with Crippen molar-refractivity contribution in [3.63, 3.8) is 0 Å². The van der Waals surface area contributed by atoms with Crippen LogP contribution in [0.1, 0.15) is 6.92 Å². The number of carbonyl (C=O) groups is 2. The number of hydrogen-bond acceptors (Lipinski definition) is 4. The van der Waals surface area contributed by atoms with E-state index in [2.05, 4.69) is 0 Å². The Morgan fingerprint density at radius 3 is 2.00 bits per heavy atom. The minimum Gasteiger partial charge on any atom is -0.480 e. The molecule has 0 radical (unpaired) electrons. The van der Waals surface area contributed by atoms with Crippen LogP contribution in [0, 0.1) is 0 Å². The van der Waals surface area contributed by atoms with E-state index in [0.717, 1.165) is 0 Å². The molecule has 0 aliphatic rings. The molecule has 15 heavy (non-hydrogen) atoms. The van der Waals surface area contributed by atoms with Gasteiger partial charge in [0.15, 0.2) is 0 Å². The zero-order valence-corrected chi connectivity index (χ0v) is 9.14. The molecule has 0 aliphatic heterocycles. The molecule has 0 spiro atoms. The molecule has 0 aromatic carbocycles. The van der Waals surface area contributed by atoms with Crippen molar-refractivity contribution < 1.29 is 19.8 Å². The Labute approximate surface area is 89.1 Å². The molecular formula is C9H18N2O4. The van der Waals surface area contributed by atoms with E-state index in [-0.39, 0.29) is 13.1 Å². The van der Waals surface area contributed by atoms with Crippen molar-refractivity contribution in [1.82, 2.24) is 9.80 Å². The molecule has 0 heterocycles. The van der Waals surface area contributed by atoms with Gasteiger partial charge in [-0.25, -0.2) is 0 Å². The summed E-state index contributed by atoms with van der Waals surface area (Å²) in [6.07, 6.45) is 0. The Bertz CT molecular complexity index is 220. The van der Waals surface area contributed by atoms with Gasteiger partial charge in [0, 0.05) is 13.1 Å². The average molecular weight is 218 g/mol. The second-order valence-electron chi connectivity index (χ2n) is 3.39. The molecule has 88 valence electrons. The predicted octanol–water partition coefficient (Wildman–Crippen LogP) is -0.591. The number of likely N-dealkylation sites (N-methyl/N-ethyl adjacent to an activating group) is 2. The molecule has 0 amide bonds. The lowest BCUT2D eigenvalue weighted by molar-refractivity contribution is -0.139. The van der Waals surface area contributed by atoms with Crippen LogP contribution in [0.3, 0.4) is 0 Å². The highest BCUT2D eigenvalue weighted by molar-refractivity contribution is 5.69. The number of rotatable bonds is 8. The van der Waals surface area contributed by atoms with E-state index in [1.807, 2.05) is 6.92 Å². The smallest absolute Gasteiger partial charge is 0.317 e. The first-order valence-corrected chi connectivity index (χ1v) is 4.80. The summed E-state index contributed by atoms with van der Waals surface area (Å²) >= 11 is 0. The van der Waals surface area contributed by atoms with Crippen molar-refractivity contribution >= 4 is 11.9 Å². The molecule has 0 aliphatic carbocycles. The Hall–Kier alpha value is -1.14. The Balaban J connectivity index is 3.79. The maximum Gasteiger partial charge on any atom is 0.317 e. The van der Waals surface area contributed by atoms with Crippen LogP contribution in [-0.4, -0.2) is 71.7 Å². The van der Waals surface area contributed by atoms with Gasteiger partial charge in [-0.1, -0.05) is 6.92 Å². The van der Waals surface area contributed by atoms with Crippen molar-refractivity contribution in [2.24, 2.45) is 0 Å². The van der Waals surface area contributed by atoms with E-state index in [0.29, 0.717) is 19.6 Å². The number of hydrogen-bond donors (Lipinski definition) is 2. The number of carboxylic acid groups (broad SMARTS) is 2. The number of aliphatic carboxylic acids is 2. The molecule has 0 saturated heterocycles. The molecule has 0 fully saturated rings. The molecule has 6 heteroatoms. The summed E-state index contributed by atoms with van der Waals surface area (Å²) in [5.41, 5.74) is 0. The van der Waals surface area contributed by atoms with Crippen LogP contribution < -0.4 is 0 Å². The maximum atomic E-state index is 10.4. The average Bonchev–Trinajstić information content (AvgIpc) is 2.10. The fourth-order valence-corrected chi connectivity index (χ4v) is 1.16. The van der Waals surface area contributed by atoms with Gasteiger partial charge in [0.1, 0.15) is 0 Å². The van der Waals surface area contributed by atoms with E-state index in [9.17, 15) is 9.59 Å². The molecule has 0 saturated carbocycles. The topological polar surface area (TPSA) is 81.1 Å². The van der Waals surface area contributed by atoms with Crippen LogP contribution >= 0.6 is 0 Å². The lowest BCUT2D eigenvalue weighted by atomic mass is 10.4. The first-order valence-electron chi connectivity index (χ1n) is 4.80. The summed E-state index contributed by atoms with van der Waals surface area (Å²) in [5, 5.41) is 17.1. The lowest BCUT2D eigenvalue weighted by Crippen LogP contribution is -2.37. The molecule has 0 bridgehead atoms. The van der Waals surface area contributed by atoms with Crippen LogP contribution in [0.15, 0.2) is 0 Å². The van der Waals surface area contributed by atoms with Crippen LogP contribution in [0.5, 0.6) is 0 Å².